The number of nitrogens with zero attached hydrogens (tertiary/aromatic N) is 5. The third-order valence-electron chi connectivity index (χ3n) is 3.97. The van der Waals surface area contributed by atoms with Gasteiger partial charge in [-0.25, -0.2) is 9.97 Å². The maximum absolute atomic E-state index is 4.61. The van der Waals surface area contributed by atoms with Gasteiger partial charge in [0.2, 0.25) is 0 Å². The molecule has 6 heteroatoms. The Morgan fingerprint density at radius 2 is 2.09 bits per heavy atom. The van der Waals surface area contributed by atoms with Crippen molar-refractivity contribution in [2.45, 2.75) is 32.7 Å². The van der Waals surface area contributed by atoms with E-state index in [0.717, 1.165) is 41.7 Å². The average molecular weight is 306 g/mol. The van der Waals surface area contributed by atoms with Crippen LogP contribution in [0.4, 0.5) is 11.6 Å². The first-order valence-corrected chi connectivity index (χ1v) is 7.88. The topological polar surface area (TPSA) is 68.5 Å². The van der Waals surface area contributed by atoms with Crippen LogP contribution in [0.5, 0.6) is 0 Å². The molecule has 0 aromatic carbocycles. The van der Waals surface area contributed by atoms with Crippen LogP contribution >= 0.6 is 0 Å². The number of aromatic nitrogens is 5. The molecule has 0 bridgehead atoms. The molecule has 4 heterocycles. The van der Waals surface area contributed by atoms with E-state index in [0.29, 0.717) is 0 Å². The third kappa shape index (κ3) is 2.92. The number of pyridine rings is 1. The fourth-order valence-electron chi connectivity index (χ4n) is 2.90. The summed E-state index contributed by atoms with van der Waals surface area (Å²) in [6, 6.07) is 7.94. The second-order valence-corrected chi connectivity index (χ2v) is 5.75. The Labute approximate surface area is 134 Å². The molecule has 0 saturated carbocycles. The van der Waals surface area contributed by atoms with Crippen LogP contribution < -0.4 is 5.32 Å². The zero-order chi connectivity index (χ0) is 15.6. The minimum absolute atomic E-state index is 0.720. The van der Waals surface area contributed by atoms with Crippen LogP contribution in [0.15, 0.2) is 36.7 Å². The van der Waals surface area contributed by atoms with Gasteiger partial charge in [-0.15, -0.1) is 0 Å². The first-order chi connectivity index (χ1) is 11.3. The first-order valence-electron chi connectivity index (χ1n) is 7.88. The zero-order valence-electron chi connectivity index (χ0n) is 13.0. The molecule has 0 amide bonds. The van der Waals surface area contributed by atoms with Crippen LogP contribution in [0.3, 0.4) is 0 Å². The van der Waals surface area contributed by atoms with Crippen molar-refractivity contribution in [3.63, 3.8) is 0 Å². The van der Waals surface area contributed by atoms with Crippen LogP contribution in [0, 0.1) is 6.92 Å². The molecule has 3 aromatic heterocycles. The van der Waals surface area contributed by atoms with Gasteiger partial charge in [-0.05, 0) is 38.3 Å². The van der Waals surface area contributed by atoms with Gasteiger partial charge in [0.15, 0.2) is 5.82 Å². The molecule has 1 aliphatic heterocycles. The van der Waals surface area contributed by atoms with E-state index in [1.54, 1.807) is 12.4 Å². The molecule has 0 saturated heterocycles. The van der Waals surface area contributed by atoms with Crippen molar-refractivity contribution in [2.75, 3.05) is 5.32 Å². The molecule has 3 aromatic rings. The van der Waals surface area contributed by atoms with Crippen molar-refractivity contribution in [1.29, 1.82) is 0 Å². The molecular weight excluding hydrogens is 288 g/mol. The molecule has 1 N–H and O–H groups in total. The SMILES string of the molecule is Cc1nc(Nc2cc3n(n2)CCCC3)cc(-c2cccnc2)n1. The van der Waals surface area contributed by atoms with Gasteiger partial charge in [-0.1, -0.05) is 0 Å². The minimum atomic E-state index is 0.720. The molecule has 23 heavy (non-hydrogen) atoms. The van der Waals surface area contributed by atoms with E-state index >= 15 is 0 Å². The number of anilines is 2. The van der Waals surface area contributed by atoms with Crippen molar-refractivity contribution in [3.8, 4) is 11.3 Å². The van der Waals surface area contributed by atoms with Gasteiger partial charge in [-0.2, -0.15) is 5.10 Å². The summed E-state index contributed by atoms with van der Waals surface area (Å²) in [5.74, 6) is 2.32. The Bertz CT molecular complexity index is 801. The highest BCUT2D eigenvalue weighted by Crippen LogP contribution is 2.23. The highest BCUT2D eigenvalue weighted by Gasteiger charge is 2.13. The molecule has 1 aliphatic rings. The molecule has 0 fully saturated rings. The van der Waals surface area contributed by atoms with Gasteiger partial charge < -0.3 is 5.32 Å². The van der Waals surface area contributed by atoms with Gasteiger partial charge in [0.25, 0.3) is 0 Å². The minimum Gasteiger partial charge on any atom is -0.323 e. The maximum Gasteiger partial charge on any atom is 0.153 e. The molecule has 0 unspecified atom stereocenters. The lowest BCUT2D eigenvalue weighted by Crippen LogP contribution is -2.10. The zero-order valence-corrected chi connectivity index (χ0v) is 13.0. The highest BCUT2D eigenvalue weighted by atomic mass is 15.3. The van der Waals surface area contributed by atoms with Crippen LogP contribution in [0.1, 0.15) is 24.4 Å². The normalized spacial score (nSPS) is 13.6. The first kappa shape index (κ1) is 13.9. The summed E-state index contributed by atoms with van der Waals surface area (Å²) < 4.78 is 2.09. The summed E-state index contributed by atoms with van der Waals surface area (Å²) >= 11 is 0. The summed E-state index contributed by atoms with van der Waals surface area (Å²) in [4.78, 5) is 13.1. The Morgan fingerprint density at radius 1 is 1.13 bits per heavy atom. The lowest BCUT2D eigenvalue weighted by Gasteiger charge is -2.11. The van der Waals surface area contributed by atoms with Gasteiger partial charge in [0.1, 0.15) is 11.6 Å². The smallest absolute Gasteiger partial charge is 0.153 e. The Kier molecular flexibility index (Phi) is 3.49. The van der Waals surface area contributed by atoms with Crippen molar-refractivity contribution in [2.24, 2.45) is 0 Å². The molecule has 0 spiro atoms. The largest absolute Gasteiger partial charge is 0.323 e. The fraction of sp³-hybridized carbons (Fsp3) is 0.294. The molecule has 4 rings (SSSR count). The number of nitrogens with one attached hydrogen (secondary N) is 1. The molecule has 0 radical (unpaired) electrons. The van der Waals surface area contributed by atoms with E-state index in [-0.39, 0.29) is 0 Å². The van der Waals surface area contributed by atoms with Crippen LogP contribution in [0.25, 0.3) is 11.3 Å². The second-order valence-electron chi connectivity index (χ2n) is 5.75. The van der Waals surface area contributed by atoms with Crippen LogP contribution in [-0.4, -0.2) is 24.7 Å². The van der Waals surface area contributed by atoms with Crippen molar-refractivity contribution in [3.05, 3.63) is 48.2 Å². The Morgan fingerprint density at radius 3 is 2.91 bits per heavy atom. The lowest BCUT2D eigenvalue weighted by molar-refractivity contribution is 0.487. The van der Waals surface area contributed by atoms with E-state index in [1.165, 1.54) is 18.5 Å². The molecule has 0 atom stereocenters. The molecule has 6 nitrogen and oxygen atoms in total. The van der Waals surface area contributed by atoms with Crippen molar-refractivity contribution >= 4 is 11.6 Å². The van der Waals surface area contributed by atoms with Gasteiger partial charge >= 0.3 is 0 Å². The second kappa shape index (κ2) is 5.79. The van der Waals surface area contributed by atoms with Crippen LogP contribution in [-0.2, 0) is 13.0 Å². The fourth-order valence-corrected chi connectivity index (χ4v) is 2.90. The number of fused-ring (bicyclic) bond motifs is 1. The lowest BCUT2D eigenvalue weighted by atomic mass is 10.1. The molecule has 0 aliphatic carbocycles. The summed E-state index contributed by atoms with van der Waals surface area (Å²) in [6.45, 7) is 2.89. The predicted octanol–water partition coefficient (Wildman–Crippen LogP) is 3.12. The van der Waals surface area contributed by atoms with Gasteiger partial charge in [0.05, 0.1) is 5.69 Å². The van der Waals surface area contributed by atoms with E-state index in [4.69, 9.17) is 0 Å². The summed E-state index contributed by atoms with van der Waals surface area (Å²) in [6.07, 6.45) is 7.10. The standard InChI is InChI=1S/C17H18N6/c1-12-19-15(13-5-4-7-18-11-13)10-16(20-12)21-17-9-14-6-2-3-8-23(14)22-17/h4-5,7,9-11H,2-3,6,8H2,1H3,(H,19,20,21,22). The Hall–Kier alpha value is -2.76. The average Bonchev–Trinajstić information content (AvgIpc) is 2.97. The van der Waals surface area contributed by atoms with E-state index in [9.17, 15) is 0 Å². The number of hydrogen-bond donors (Lipinski definition) is 1. The maximum atomic E-state index is 4.61. The predicted molar refractivity (Wildman–Crippen MR) is 88.4 cm³/mol. The molecule has 116 valence electrons. The monoisotopic (exact) mass is 306 g/mol. The van der Waals surface area contributed by atoms with Gasteiger partial charge in [0, 0.05) is 42.3 Å². The van der Waals surface area contributed by atoms with Crippen molar-refractivity contribution < 1.29 is 0 Å². The Balaban J connectivity index is 1.64. The van der Waals surface area contributed by atoms with E-state index in [2.05, 4.69) is 36.1 Å². The summed E-state index contributed by atoms with van der Waals surface area (Å²) in [7, 11) is 0. The molecular formula is C17H18N6. The number of aryl methyl sites for hydroxylation is 3. The number of rotatable bonds is 3. The summed E-state index contributed by atoms with van der Waals surface area (Å²) in [5.41, 5.74) is 3.12. The quantitative estimate of drug-likeness (QED) is 0.805. The van der Waals surface area contributed by atoms with Gasteiger partial charge in [-0.3, -0.25) is 9.67 Å². The number of hydrogen-bond acceptors (Lipinski definition) is 5. The van der Waals surface area contributed by atoms with Crippen LogP contribution in [0.2, 0.25) is 0 Å². The highest BCUT2D eigenvalue weighted by molar-refractivity contribution is 5.64. The van der Waals surface area contributed by atoms with Crippen molar-refractivity contribution in [1.82, 2.24) is 24.7 Å². The summed E-state index contributed by atoms with van der Waals surface area (Å²) in [5, 5.41) is 7.92. The van der Waals surface area contributed by atoms with E-state index < -0.39 is 0 Å². The van der Waals surface area contributed by atoms with E-state index in [1.807, 2.05) is 25.1 Å². The third-order valence-corrected chi connectivity index (χ3v) is 3.97.